The number of aryl methyl sites for hydroxylation is 1. The Hall–Kier alpha value is -3.84. The van der Waals surface area contributed by atoms with E-state index in [2.05, 4.69) is 27.9 Å². The third kappa shape index (κ3) is 7.21. The van der Waals surface area contributed by atoms with Gasteiger partial charge < -0.3 is 19.9 Å². The molecule has 9 nitrogen and oxygen atoms in total. The Morgan fingerprint density at radius 2 is 1.85 bits per heavy atom. The number of anilines is 1. The van der Waals surface area contributed by atoms with Gasteiger partial charge in [0.1, 0.15) is 13.2 Å². The van der Waals surface area contributed by atoms with Crippen LogP contribution in [0.2, 0.25) is 0 Å². The lowest BCUT2D eigenvalue weighted by Crippen LogP contribution is -2.36. The summed E-state index contributed by atoms with van der Waals surface area (Å²) in [4.78, 5) is 50.4. The topological polar surface area (TPSA) is 122 Å². The third-order valence-electron chi connectivity index (χ3n) is 5.66. The van der Waals surface area contributed by atoms with Crippen LogP contribution >= 0.6 is 34.4 Å². The molecule has 0 spiro atoms. The fourth-order valence-corrected chi connectivity index (χ4v) is 5.50. The zero-order chi connectivity index (χ0) is 28.8. The Morgan fingerprint density at radius 3 is 2.58 bits per heavy atom. The number of hydrogen-bond acceptors (Lipinski definition) is 7. The monoisotopic (exact) mass is 672 g/mol. The number of rotatable bonds is 10. The fraction of sp³-hybridized carbons (Fsp3) is 0.172. The van der Waals surface area contributed by atoms with Crippen molar-refractivity contribution in [2.45, 2.75) is 20.5 Å². The van der Waals surface area contributed by atoms with Crippen LogP contribution in [0.25, 0.3) is 6.08 Å². The summed E-state index contributed by atoms with van der Waals surface area (Å²) in [5.74, 6) is -1.14. The first kappa shape index (κ1) is 29.2. The van der Waals surface area contributed by atoms with E-state index in [9.17, 15) is 24.3 Å². The highest BCUT2D eigenvalue weighted by Crippen LogP contribution is 2.38. The largest absolute Gasteiger partial charge is 0.490 e. The Kier molecular flexibility index (Phi) is 9.48. The molecule has 0 aromatic heterocycles. The molecule has 1 aliphatic heterocycles. The van der Waals surface area contributed by atoms with Crippen LogP contribution in [0.1, 0.15) is 34.0 Å². The summed E-state index contributed by atoms with van der Waals surface area (Å²) in [6.45, 7) is 3.81. The van der Waals surface area contributed by atoms with Gasteiger partial charge in [0.05, 0.1) is 20.6 Å². The number of amides is 3. The van der Waals surface area contributed by atoms with E-state index in [0.717, 1.165) is 22.2 Å². The molecular weight excluding hydrogens is 647 g/mol. The molecule has 3 aromatic rings. The van der Waals surface area contributed by atoms with E-state index in [-0.39, 0.29) is 17.1 Å². The maximum absolute atomic E-state index is 13.0. The normalized spacial score (nSPS) is 14.0. The summed E-state index contributed by atoms with van der Waals surface area (Å²) in [5, 5.41) is 11.4. The number of halogens is 1. The number of imide groups is 1. The minimum absolute atomic E-state index is 0.125. The van der Waals surface area contributed by atoms with Crippen molar-refractivity contribution in [1.82, 2.24) is 4.90 Å². The fourth-order valence-electron chi connectivity index (χ4n) is 3.88. The lowest BCUT2D eigenvalue weighted by atomic mass is 10.1. The van der Waals surface area contributed by atoms with Crippen LogP contribution < -0.4 is 14.8 Å². The summed E-state index contributed by atoms with van der Waals surface area (Å²) >= 11 is 2.85. The zero-order valence-corrected chi connectivity index (χ0v) is 24.6. The number of ether oxygens (including phenoxy) is 2. The Morgan fingerprint density at radius 1 is 1.07 bits per heavy atom. The van der Waals surface area contributed by atoms with Gasteiger partial charge in [0, 0.05) is 5.69 Å². The molecule has 0 aliphatic carbocycles. The van der Waals surface area contributed by atoms with E-state index in [0.29, 0.717) is 38.5 Å². The highest BCUT2D eigenvalue weighted by Gasteiger charge is 2.36. The average Bonchev–Trinajstić information content (AvgIpc) is 3.15. The maximum atomic E-state index is 13.0. The van der Waals surface area contributed by atoms with Crippen molar-refractivity contribution in [2.24, 2.45) is 0 Å². The predicted octanol–water partition coefficient (Wildman–Crippen LogP) is 5.95. The highest BCUT2D eigenvalue weighted by molar-refractivity contribution is 14.1. The lowest BCUT2D eigenvalue weighted by molar-refractivity contribution is -0.127. The maximum Gasteiger partial charge on any atom is 0.335 e. The molecule has 1 fully saturated rings. The number of carboxylic acid groups (broad SMARTS) is 1. The molecule has 206 valence electrons. The SMILES string of the molecule is CCOc1cc(/C=C2\SC(=O)N(CC(=O)Nc3cccc(C)c3)C2=O)cc(I)c1OCc1cccc(C(=O)O)c1. The summed E-state index contributed by atoms with van der Waals surface area (Å²) in [6, 6.07) is 17.2. The van der Waals surface area contributed by atoms with Crippen LogP contribution in [0.4, 0.5) is 10.5 Å². The molecule has 0 atom stereocenters. The molecule has 40 heavy (non-hydrogen) atoms. The van der Waals surface area contributed by atoms with E-state index in [1.807, 2.05) is 19.9 Å². The van der Waals surface area contributed by atoms with E-state index >= 15 is 0 Å². The van der Waals surface area contributed by atoms with Crippen LogP contribution in [0.15, 0.2) is 65.6 Å². The molecule has 2 N–H and O–H groups in total. The number of hydrogen-bond donors (Lipinski definition) is 2. The Balaban J connectivity index is 1.49. The minimum atomic E-state index is -1.02. The van der Waals surface area contributed by atoms with Crippen LogP contribution in [0, 0.1) is 10.5 Å². The number of nitrogens with one attached hydrogen (secondary N) is 1. The van der Waals surface area contributed by atoms with Crippen molar-refractivity contribution >= 4 is 69.1 Å². The van der Waals surface area contributed by atoms with Gasteiger partial charge in [-0.05, 0) is 107 Å². The molecule has 1 aliphatic rings. The molecule has 3 aromatic carbocycles. The summed E-state index contributed by atoms with van der Waals surface area (Å²) < 4.78 is 12.5. The van der Waals surface area contributed by atoms with Crippen LogP contribution in [-0.2, 0) is 16.2 Å². The predicted molar refractivity (Wildman–Crippen MR) is 161 cm³/mol. The number of thioether (sulfide) groups is 1. The Bertz CT molecular complexity index is 1520. The van der Waals surface area contributed by atoms with Gasteiger partial charge in [0.2, 0.25) is 5.91 Å². The van der Waals surface area contributed by atoms with Gasteiger partial charge in [-0.1, -0.05) is 24.3 Å². The summed E-state index contributed by atoms with van der Waals surface area (Å²) in [6.07, 6.45) is 1.58. The van der Waals surface area contributed by atoms with E-state index in [1.165, 1.54) is 6.07 Å². The van der Waals surface area contributed by atoms with Crippen molar-refractivity contribution in [3.8, 4) is 11.5 Å². The van der Waals surface area contributed by atoms with E-state index in [1.54, 1.807) is 54.6 Å². The van der Waals surface area contributed by atoms with Crippen molar-refractivity contribution in [3.63, 3.8) is 0 Å². The second-order valence-corrected chi connectivity index (χ2v) is 10.9. The minimum Gasteiger partial charge on any atom is -0.490 e. The summed E-state index contributed by atoms with van der Waals surface area (Å²) in [5.41, 5.74) is 3.02. The number of nitrogens with zero attached hydrogens (tertiary/aromatic N) is 1. The molecular formula is C29H25IN2O7S. The zero-order valence-electron chi connectivity index (χ0n) is 21.6. The van der Waals surface area contributed by atoms with Crippen LogP contribution in [0.5, 0.6) is 11.5 Å². The van der Waals surface area contributed by atoms with Crippen LogP contribution in [-0.4, -0.2) is 46.2 Å². The van der Waals surface area contributed by atoms with Crippen molar-refractivity contribution in [1.29, 1.82) is 0 Å². The first-order valence-electron chi connectivity index (χ1n) is 12.2. The van der Waals surface area contributed by atoms with Crippen molar-refractivity contribution < 1.29 is 33.8 Å². The standard InChI is InChI=1S/C29H25IN2O7S/c1-3-38-23-13-19(12-22(30)26(23)39-16-18-7-5-8-20(11-18)28(35)36)14-24-27(34)32(29(37)40-24)15-25(33)31-21-9-4-6-17(2)10-21/h4-14H,3,15-16H2,1-2H3,(H,31,33)(H,35,36)/b24-14-. The molecule has 3 amide bonds. The first-order chi connectivity index (χ1) is 19.1. The quantitative estimate of drug-likeness (QED) is 0.200. The number of carboxylic acids is 1. The molecule has 1 saturated heterocycles. The molecule has 1 heterocycles. The molecule has 0 bridgehead atoms. The summed E-state index contributed by atoms with van der Waals surface area (Å²) in [7, 11) is 0. The van der Waals surface area contributed by atoms with Crippen LogP contribution in [0.3, 0.4) is 0 Å². The second kappa shape index (κ2) is 13.0. The first-order valence-corrected chi connectivity index (χ1v) is 14.1. The van der Waals surface area contributed by atoms with Gasteiger partial charge in [-0.2, -0.15) is 0 Å². The third-order valence-corrected chi connectivity index (χ3v) is 7.37. The average molecular weight is 672 g/mol. The lowest BCUT2D eigenvalue weighted by Gasteiger charge is -2.15. The number of carbonyl (C=O) groups excluding carboxylic acids is 3. The molecule has 11 heteroatoms. The smallest absolute Gasteiger partial charge is 0.335 e. The number of aromatic carboxylic acids is 1. The van der Waals surface area contributed by atoms with Gasteiger partial charge >= 0.3 is 5.97 Å². The number of carbonyl (C=O) groups is 4. The van der Waals surface area contributed by atoms with Gasteiger partial charge in [-0.25, -0.2) is 4.79 Å². The van der Waals surface area contributed by atoms with Gasteiger partial charge in [-0.3, -0.25) is 19.3 Å². The Labute approximate surface area is 248 Å². The van der Waals surface area contributed by atoms with Crippen molar-refractivity contribution in [3.05, 3.63) is 91.4 Å². The van der Waals surface area contributed by atoms with Gasteiger partial charge in [-0.15, -0.1) is 0 Å². The van der Waals surface area contributed by atoms with Crippen molar-refractivity contribution in [2.75, 3.05) is 18.5 Å². The molecule has 4 rings (SSSR count). The van der Waals surface area contributed by atoms with E-state index in [4.69, 9.17) is 9.47 Å². The second-order valence-electron chi connectivity index (χ2n) is 8.74. The van der Waals surface area contributed by atoms with Gasteiger partial charge in [0.25, 0.3) is 11.1 Å². The van der Waals surface area contributed by atoms with Gasteiger partial charge in [0.15, 0.2) is 11.5 Å². The van der Waals surface area contributed by atoms with E-state index < -0.39 is 29.6 Å². The highest BCUT2D eigenvalue weighted by atomic mass is 127. The molecule has 0 unspecified atom stereocenters. The number of benzene rings is 3. The molecule has 0 saturated carbocycles. The molecule has 0 radical (unpaired) electrons.